The van der Waals surface area contributed by atoms with E-state index in [2.05, 4.69) is 9.97 Å². The van der Waals surface area contributed by atoms with E-state index in [9.17, 15) is 4.79 Å². The lowest BCUT2D eigenvalue weighted by Gasteiger charge is -2.05. The number of nitrogen functional groups attached to an aromatic ring is 1. The Balaban J connectivity index is 2.21. The molecule has 0 saturated carbocycles. The van der Waals surface area contributed by atoms with E-state index in [1.54, 1.807) is 17.7 Å². The van der Waals surface area contributed by atoms with Gasteiger partial charge in [-0.05, 0) is 6.92 Å². The van der Waals surface area contributed by atoms with E-state index in [0.29, 0.717) is 13.2 Å². The molecule has 2 aromatic rings. The van der Waals surface area contributed by atoms with Gasteiger partial charge in [-0.1, -0.05) is 0 Å². The van der Waals surface area contributed by atoms with E-state index in [0.717, 1.165) is 5.82 Å². The minimum atomic E-state index is -0.506. The van der Waals surface area contributed by atoms with Crippen molar-refractivity contribution in [1.82, 2.24) is 19.1 Å². The smallest absolute Gasteiger partial charge is 0.360 e. The van der Waals surface area contributed by atoms with Crippen molar-refractivity contribution in [1.29, 1.82) is 0 Å². The second-order valence-corrected chi connectivity index (χ2v) is 3.78. The first-order valence-electron chi connectivity index (χ1n) is 5.57. The maximum absolute atomic E-state index is 11.5. The summed E-state index contributed by atoms with van der Waals surface area (Å²) >= 11 is 0. The number of hydrogen-bond donors (Lipinski definition) is 1. The molecule has 0 aliphatic rings. The van der Waals surface area contributed by atoms with E-state index < -0.39 is 5.97 Å². The Labute approximate surface area is 104 Å². The van der Waals surface area contributed by atoms with Crippen molar-refractivity contribution >= 4 is 11.8 Å². The number of nitrogens with zero attached hydrogens (tertiary/aromatic N) is 4. The maximum atomic E-state index is 11.5. The van der Waals surface area contributed by atoms with Crippen LogP contribution in [0.15, 0.2) is 18.7 Å². The van der Waals surface area contributed by atoms with Crippen LogP contribution in [0.25, 0.3) is 0 Å². The third-order valence-corrected chi connectivity index (χ3v) is 2.58. The molecule has 0 fully saturated rings. The third-order valence-electron chi connectivity index (χ3n) is 2.58. The number of anilines is 1. The Morgan fingerprint density at radius 2 is 2.28 bits per heavy atom. The normalized spacial score (nSPS) is 10.6. The lowest BCUT2D eigenvalue weighted by molar-refractivity contribution is 0.0521. The zero-order valence-electron chi connectivity index (χ0n) is 10.3. The van der Waals surface area contributed by atoms with Crippen molar-refractivity contribution in [2.24, 2.45) is 7.05 Å². The largest absolute Gasteiger partial charge is 0.461 e. The molecule has 2 aromatic heterocycles. The van der Waals surface area contributed by atoms with E-state index >= 15 is 0 Å². The molecule has 2 rings (SSSR count). The summed E-state index contributed by atoms with van der Waals surface area (Å²) in [6.07, 6.45) is 5.06. The number of imidazole rings is 2. The molecule has 2 heterocycles. The number of rotatable bonds is 4. The number of nitrogens with two attached hydrogens (primary N) is 1. The standard InChI is InChI=1S/C11H15N5O2/c1-3-18-11(17)9-10(12)16(7-14-9)6-8-13-4-5-15(8)2/h4-5,7H,3,6,12H2,1-2H3. The van der Waals surface area contributed by atoms with Gasteiger partial charge in [-0.3, -0.25) is 0 Å². The topological polar surface area (TPSA) is 88.0 Å². The van der Waals surface area contributed by atoms with Crippen molar-refractivity contribution in [3.05, 3.63) is 30.2 Å². The van der Waals surface area contributed by atoms with Crippen molar-refractivity contribution in [3.8, 4) is 0 Å². The number of carbonyl (C=O) groups excluding carboxylic acids is 1. The van der Waals surface area contributed by atoms with Gasteiger partial charge in [-0.25, -0.2) is 14.8 Å². The van der Waals surface area contributed by atoms with Crippen molar-refractivity contribution in [2.45, 2.75) is 13.5 Å². The number of ether oxygens (including phenoxy) is 1. The van der Waals surface area contributed by atoms with Gasteiger partial charge in [0.05, 0.1) is 19.5 Å². The number of aromatic nitrogens is 4. The van der Waals surface area contributed by atoms with Crippen LogP contribution in [0.3, 0.4) is 0 Å². The lowest BCUT2D eigenvalue weighted by Crippen LogP contribution is -2.11. The van der Waals surface area contributed by atoms with Gasteiger partial charge in [0, 0.05) is 19.4 Å². The molecule has 0 bridgehead atoms. The van der Waals surface area contributed by atoms with Crippen LogP contribution >= 0.6 is 0 Å². The summed E-state index contributed by atoms with van der Waals surface area (Å²) in [5.41, 5.74) is 6.01. The third kappa shape index (κ3) is 2.20. The van der Waals surface area contributed by atoms with Crippen LogP contribution in [0, 0.1) is 0 Å². The summed E-state index contributed by atoms with van der Waals surface area (Å²) in [5, 5.41) is 0. The minimum absolute atomic E-state index is 0.144. The van der Waals surface area contributed by atoms with Crippen molar-refractivity contribution in [3.63, 3.8) is 0 Å². The molecule has 0 aliphatic carbocycles. The fraction of sp³-hybridized carbons (Fsp3) is 0.364. The maximum Gasteiger partial charge on any atom is 0.360 e. The zero-order chi connectivity index (χ0) is 13.1. The number of aryl methyl sites for hydroxylation is 1. The van der Waals surface area contributed by atoms with Crippen LogP contribution in [0.1, 0.15) is 23.2 Å². The van der Waals surface area contributed by atoms with Crippen LogP contribution < -0.4 is 5.73 Å². The summed E-state index contributed by atoms with van der Waals surface area (Å²) in [6.45, 7) is 2.49. The minimum Gasteiger partial charge on any atom is -0.461 e. The van der Waals surface area contributed by atoms with Crippen LogP contribution in [0.5, 0.6) is 0 Å². The molecule has 0 aliphatic heterocycles. The highest BCUT2D eigenvalue weighted by molar-refractivity contribution is 5.92. The van der Waals surface area contributed by atoms with Gasteiger partial charge in [0.25, 0.3) is 0 Å². The number of hydrogen-bond acceptors (Lipinski definition) is 5. The Morgan fingerprint density at radius 3 is 2.89 bits per heavy atom. The lowest BCUT2D eigenvalue weighted by atomic mass is 10.4. The first-order chi connectivity index (χ1) is 8.63. The highest BCUT2D eigenvalue weighted by Crippen LogP contribution is 2.13. The van der Waals surface area contributed by atoms with E-state index in [1.165, 1.54) is 6.33 Å². The first kappa shape index (κ1) is 12.2. The van der Waals surface area contributed by atoms with Crippen LogP contribution in [0.2, 0.25) is 0 Å². The quantitative estimate of drug-likeness (QED) is 0.793. The summed E-state index contributed by atoms with van der Waals surface area (Å²) in [4.78, 5) is 19.7. The molecule has 0 aromatic carbocycles. The molecule has 0 atom stereocenters. The SMILES string of the molecule is CCOC(=O)c1ncn(Cc2nccn2C)c1N. The fourth-order valence-electron chi connectivity index (χ4n) is 1.58. The first-order valence-corrected chi connectivity index (χ1v) is 5.57. The van der Waals surface area contributed by atoms with Crippen molar-refractivity contribution in [2.75, 3.05) is 12.3 Å². The molecule has 0 unspecified atom stereocenters. The highest BCUT2D eigenvalue weighted by Gasteiger charge is 2.17. The molecular formula is C11H15N5O2. The Morgan fingerprint density at radius 1 is 1.50 bits per heavy atom. The fourth-order valence-corrected chi connectivity index (χ4v) is 1.58. The Kier molecular flexibility index (Phi) is 3.31. The molecule has 7 heteroatoms. The molecular weight excluding hydrogens is 234 g/mol. The van der Waals surface area contributed by atoms with Gasteiger partial charge in [0.15, 0.2) is 5.69 Å². The molecule has 7 nitrogen and oxygen atoms in total. The summed E-state index contributed by atoms with van der Waals surface area (Å²) in [5.74, 6) is 0.611. The second kappa shape index (κ2) is 4.91. The molecule has 2 N–H and O–H groups in total. The average Bonchev–Trinajstić information content (AvgIpc) is 2.89. The highest BCUT2D eigenvalue weighted by atomic mass is 16.5. The predicted octanol–water partition coefficient (Wildman–Crippen LogP) is 0.424. The van der Waals surface area contributed by atoms with Crippen molar-refractivity contribution < 1.29 is 9.53 Å². The molecule has 0 radical (unpaired) electrons. The van der Waals surface area contributed by atoms with Gasteiger partial charge in [0.1, 0.15) is 11.6 Å². The molecule has 96 valence electrons. The zero-order valence-corrected chi connectivity index (χ0v) is 10.3. The molecule has 0 saturated heterocycles. The average molecular weight is 249 g/mol. The van der Waals surface area contributed by atoms with Gasteiger partial charge in [0.2, 0.25) is 0 Å². The Bertz CT molecular complexity index is 558. The second-order valence-electron chi connectivity index (χ2n) is 3.78. The van der Waals surface area contributed by atoms with Gasteiger partial charge >= 0.3 is 5.97 Å². The van der Waals surface area contributed by atoms with Crippen LogP contribution in [-0.2, 0) is 18.3 Å². The van der Waals surface area contributed by atoms with Crippen LogP contribution in [0.4, 0.5) is 5.82 Å². The number of carbonyl (C=O) groups is 1. The monoisotopic (exact) mass is 249 g/mol. The summed E-state index contributed by atoms with van der Waals surface area (Å²) in [7, 11) is 1.89. The predicted molar refractivity (Wildman–Crippen MR) is 64.9 cm³/mol. The van der Waals surface area contributed by atoms with E-state index in [1.807, 2.05) is 17.8 Å². The van der Waals surface area contributed by atoms with Gasteiger partial charge in [-0.2, -0.15) is 0 Å². The molecule has 0 spiro atoms. The van der Waals surface area contributed by atoms with E-state index in [-0.39, 0.29) is 11.5 Å². The number of esters is 1. The summed E-state index contributed by atoms with van der Waals surface area (Å²) in [6, 6.07) is 0. The molecule has 18 heavy (non-hydrogen) atoms. The summed E-state index contributed by atoms with van der Waals surface area (Å²) < 4.78 is 8.41. The van der Waals surface area contributed by atoms with Gasteiger partial charge in [-0.15, -0.1) is 0 Å². The van der Waals surface area contributed by atoms with Gasteiger partial charge < -0.3 is 19.6 Å². The van der Waals surface area contributed by atoms with Crippen LogP contribution in [-0.4, -0.2) is 31.7 Å². The molecule has 0 amide bonds. The van der Waals surface area contributed by atoms with E-state index in [4.69, 9.17) is 10.5 Å². The Hall–Kier alpha value is -2.31.